The monoisotopic (exact) mass is 350 g/mol. The minimum absolute atomic E-state index is 0.0635. The van der Waals surface area contributed by atoms with Gasteiger partial charge in [0.15, 0.2) is 0 Å². The second kappa shape index (κ2) is 8.34. The molecule has 0 fully saturated rings. The molecule has 0 saturated heterocycles. The van der Waals surface area contributed by atoms with Crippen LogP contribution >= 0.6 is 23.2 Å². The van der Waals surface area contributed by atoms with Crippen molar-refractivity contribution in [2.24, 2.45) is 11.7 Å². The molecule has 3 nitrogen and oxygen atoms in total. The Bertz CT molecular complexity index is 661. The first-order chi connectivity index (χ1) is 11.0. The summed E-state index contributed by atoms with van der Waals surface area (Å²) in [6.45, 7) is 2.34. The van der Waals surface area contributed by atoms with Crippen LogP contribution in [0.1, 0.15) is 24.1 Å². The van der Waals surface area contributed by atoms with Gasteiger partial charge in [0.05, 0.1) is 5.92 Å². The highest BCUT2D eigenvalue weighted by atomic mass is 35.5. The Morgan fingerprint density at radius 1 is 1.17 bits per heavy atom. The molecule has 23 heavy (non-hydrogen) atoms. The van der Waals surface area contributed by atoms with E-state index in [1.54, 1.807) is 12.1 Å². The molecule has 0 spiro atoms. The third-order valence-corrected chi connectivity index (χ3v) is 4.43. The van der Waals surface area contributed by atoms with Gasteiger partial charge in [0, 0.05) is 22.6 Å². The van der Waals surface area contributed by atoms with Crippen LogP contribution in [-0.2, 0) is 11.2 Å². The van der Waals surface area contributed by atoms with Crippen molar-refractivity contribution >= 4 is 29.1 Å². The van der Waals surface area contributed by atoms with Gasteiger partial charge in [-0.05, 0) is 29.7 Å². The fraction of sp³-hybridized carbons (Fsp3) is 0.278. The Morgan fingerprint density at radius 3 is 2.52 bits per heavy atom. The number of hydrogen-bond donors (Lipinski definition) is 2. The van der Waals surface area contributed by atoms with Gasteiger partial charge in [-0.3, -0.25) is 4.79 Å². The highest BCUT2D eigenvalue weighted by molar-refractivity contribution is 6.35. The van der Waals surface area contributed by atoms with E-state index < -0.39 is 0 Å². The molecule has 3 N–H and O–H groups in total. The molecule has 1 amide bonds. The van der Waals surface area contributed by atoms with E-state index in [0.29, 0.717) is 23.0 Å². The van der Waals surface area contributed by atoms with Crippen LogP contribution in [0.5, 0.6) is 0 Å². The van der Waals surface area contributed by atoms with Gasteiger partial charge >= 0.3 is 0 Å². The van der Waals surface area contributed by atoms with Gasteiger partial charge in [0.1, 0.15) is 0 Å². The molecule has 0 aliphatic carbocycles. The van der Waals surface area contributed by atoms with Crippen LogP contribution in [-0.4, -0.2) is 12.5 Å². The Kier molecular flexibility index (Phi) is 6.46. The Balaban J connectivity index is 1.86. The van der Waals surface area contributed by atoms with Crippen LogP contribution in [0.4, 0.5) is 0 Å². The van der Waals surface area contributed by atoms with Crippen molar-refractivity contribution in [3.8, 4) is 0 Å². The number of halogens is 2. The summed E-state index contributed by atoms with van der Waals surface area (Å²) >= 11 is 12.0. The van der Waals surface area contributed by atoms with E-state index in [4.69, 9.17) is 28.9 Å². The fourth-order valence-electron chi connectivity index (χ4n) is 2.33. The van der Waals surface area contributed by atoms with Crippen molar-refractivity contribution in [1.29, 1.82) is 0 Å². The lowest BCUT2D eigenvalue weighted by molar-refractivity contribution is -0.125. The molecule has 0 saturated carbocycles. The SMILES string of the molecule is CC(C(=O)NCCc1ccc(Cl)cc1Cl)C(N)c1ccccc1. The van der Waals surface area contributed by atoms with Gasteiger partial charge in [-0.1, -0.05) is 66.5 Å². The van der Waals surface area contributed by atoms with Gasteiger partial charge in [-0.2, -0.15) is 0 Å². The van der Waals surface area contributed by atoms with Gasteiger partial charge in [-0.15, -0.1) is 0 Å². The van der Waals surface area contributed by atoms with Crippen molar-refractivity contribution in [2.75, 3.05) is 6.54 Å². The molecule has 0 bridgehead atoms. The van der Waals surface area contributed by atoms with Crippen molar-refractivity contribution in [1.82, 2.24) is 5.32 Å². The molecular weight excluding hydrogens is 331 g/mol. The predicted octanol–water partition coefficient (Wildman–Crippen LogP) is 3.99. The Labute approximate surface area is 146 Å². The van der Waals surface area contributed by atoms with Crippen molar-refractivity contribution in [2.45, 2.75) is 19.4 Å². The predicted molar refractivity (Wildman–Crippen MR) is 95.7 cm³/mol. The number of carbonyl (C=O) groups is 1. The van der Waals surface area contributed by atoms with E-state index in [0.717, 1.165) is 11.1 Å². The number of benzene rings is 2. The lowest BCUT2D eigenvalue weighted by Gasteiger charge is -2.20. The lowest BCUT2D eigenvalue weighted by Crippen LogP contribution is -2.36. The largest absolute Gasteiger partial charge is 0.355 e. The van der Waals surface area contributed by atoms with Gasteiger partial charge < -0.3 is 11.1 Å². The van der Waals surface area contributed by atoms with Crippen LogP contribution in [0.25, 0.3) is 0 Å². The molecule has 0 aromatic heterocycles. The number of rotatable bonds is 6. The average Bonchev–Trinajstić information content (AvgIpc) is 2.56. The molecule has 0 aliphatic heterocycles. The normalized spacial score (nSPS) is 13.4. The van der Waals surface area contributed by atoms with Crippen molar-refractivity contribution in [3.05, 3.63) is 69.7 Å². The smallest absolute Gasteiger partial charge is 0.224 e. The lowest BCUT2D eigenvalue weighted by atomic mass is 9.94. The molecule has 2 rings (SSSR count). The van der Waals surface area contributed by atoms with Crippen LogP contribution in [0.2, 0.25) is 10.0 Å². The molecule has 2 aromatic rings. The molecule has 122 valence electrons. The number of carbonyl (C=O) groups excluding carboxylic acids is 1. The standard InChI is InChI=1S/C18H20Cl2N2O/c1-12(17(21)14-5-3-2-4-6-14)18(23)22-10-9-13-7-8-15(19)11-16(13)20/h2-8,11-12,17H,9-10,21H2,1H3,(H,22,23). The minimum atomic E-state index is -0.324. The zero-order valence-corrected chi connectivity index (χ0v) is 14.4. The van der Waals surface area contributed by atoms with E-state index >= 15 is 0 Å². The summed E-state index contributed by atoms with van der Waals surface area (Å²) in [5.74, 6) is -0.371. The van der Waals surface area contributed by atoms with E-state index in [2.05, 4.69) is 5.32 Å². The van der Waals surface area contributed by atoms with Gasteiger partial charge in [-0.25, -0.2) is 0 Å². The zero-order valence-electron chi connectivity index (χ0n) is 12.9. The maximum Gasteiger partial charge on any atom is 0.224 e. The van der Waals surface area contributed by atoms with Gasteiger partial charge in [0.2, 0.25) is 5.91 Å². The first-order valence-corrected chi connectivity index (χ1v) is 8.27. The molecule has 2 atom stereocenters. The molecule has 2 unspecified atom stereocenters. The Morgan fingerprint density at radius 2 is 1.87 bits per heavy atom. The van der Waals surface area contributed by atoms with E-state index in [-0.39, 0.29) is 17.9 Å². The first-order valence-electron chi connectivity index (χ1n) is 7.51. The summed E-state index contributed by atoms with van der Waals surface area (Å²) in [5.41, 5.74) is 8.08. The highest BCUT2D eigenvalue weighted by Gasteiger charge is 2.21. The van der Waals surface area contributed by atoms with Crippen molar-refractivity contribution < 1.29 is 4.79 Å². The first kappa shape index (κ1) is 17.8. The van der Waals surface area contributed by atoms with Gasteiger partial charge in [0.25, 0.3) is 0 Å². The number of hydrogen-bond acceptors (Lipinski definition) is 2. The summed E-state index contributed by atoms with van der Waals surface area (Å²) in [5, 5.41) is 4.13. The van der Waals surface area contributed by atoms with E-state index in [1.165, 1.54) is 0 Å². The second-order valence-corrected chi connectivity index (χ2v) is 6.35. The third kappa shape index (κ3) is 4.96. The summed E-state index contributed by atoms with van der Waals surface area (Å²) in [6.07, 6.45) is 0.648. The van der Waals surface area contributed by atoms with Crippen LogP contribution in [0.15, 0.2) is 48.5 Å². The molecule has 5 heteroatoms. The molecule has 0 heterocycles. The molecule has 0 aliphatic rings. The number of nitrogens with two attached hydrogens (primary N) is 1. The number of nitrogens with one attached hydrogen (secondary N) is 1. The maximum atomic E-state index is 12.2. The number of amides is 1. The molecule has 2 aromatic carbocycles. The highest BCUT2D eigenvalue weighted by Crippen LogP contribution is 2.21. The van der Waals surface area contributed by atoms with Crippen LogP contribution in [0, 0.1) is 5.92 Å². The average molecular weight is 351 g/mol. The quantitative estimate of drug-likeness (QED) is 0.827. The minimum Gasteiger partial charge on any atom is -0.355 e. The summed E-state index contributed by atoms with van der Waals surface area (Å²) in [4.78, 5) is 12.2. The van der Waals surface area contributed by atoms with Crippen LogP contribution < -0.4 is 11.1 Å². The van der Waals surface area contributed by atoms with E-state index in [1.807, 2.05) is 43.3 Å². The van der Waals surface area contributed by atoms with E-state index in [9.17, 15) is 4.79 Å². The Hall–Kier alpha value is -1.55. The fourth-order valence-corrected chi connectivity index (χ4v) is 2.84. The van der Waals surface area contributed by atoms with Crippen molar-refractivity contribution in [3.63, 3.8) is 0 Å². The summed E-state index contributed by atoms with van der Waals surface area (Å²) < 4.78 is 0. The zero-order chi connectivity index (χ0) is 16.8. The molecule has 0 radical (unpaired) electrons. The summed E-state index contributed by atoms with van der Waals surface area (Å²) in [6, 6.07) is 14.7. The molecular formula is C18H20Cl2N2O. The third-order valence-electron chi connectivity index (χ3n) is 3.85. The topological polar surface area (TPSA) is 55.1 Å². The maximum absolute atomic E-state index is 12.2. The second-order valence-electron chi connectivity index (χ2n) is 5.50. The van der Waals surface area contributed by atoms with Crippen LogP contribution in [0.3, 0.4) is 0 Å². The summed E-state index contributed by atoms with van der Waals surface area (Å²) in [7, 11) is 0.